The van der Waals surface area contributed by atoms with Crippen LogP contribution in [0.3, 0.4) is 0 Å². The molecule has 0 aliphatic heterocycles. The molecule has 10 nitrogen and oxygen atoms in total. The van der Waals surface area contributed by atoms with E-state index in [9.17, 15) is 29.8 Å². The Labute approximate surface area is 180 Å². The number of halogens is 2. The van der Waals surface area contributed by atoms with Gasteiger partial charge in [-0.2, -0.15) is 0 Å². The van der Waals surface area contributed by atoms with Crippen molar-refractivity contribution < 1.29 is 19.4 Å². The van der Waals surface area contributed by atoms with E-state index in [1.54, 1.807) is 13.8 Å². The van der Waals surface area contributed by atoms with Crippen LogP contribution in [-0.4, -0.2) is 27.7 Å². The van der Waals surface area contributed by atoms with Gasteiger partial charge in [0.25, 0.3) is 17.3 Å². The lowest BCUT2D eigenvalue weighted by Crippen LogP contribution is -2.47. The molecule has 158 valence electrons. The predicted molar refractivity (Wildman–Crippen MR) is 111 cm³/mol. The highest BCUT2D eigenvalue weighted by Gasteiger charge is 2.26. The van der Waals surface area contributed by atoms with Gasteiger partial charge in [0.15, 0.2) is 0 Å². The Kier molecular flexibility index (Phi) is 7.30. The van der Waals surface area contributed by atoms with E-state index < -0.39 is 33.4 Å². The molecule has 0 radical (unpaired) electrons. The fraction of sp³-hybridized carbons (Fsp3) is 0.222. The molecule has 0 aromatic heterocycles. The molecule has 2 aromatic rings. The van der Waals surface area contributed by atoms with E-state index in [2.05, 4.69) is 10.6 Å². The van der Waals surface area contributed by atoms with Gasteiger partial charge < -0.3 is 10.6 Å². The highest BCUT2D eigenvalue weighted by molar-refractivity contribution is 6.33. The maximum atomic E-state index is 12.7. The number of benzene rings is 2. The van der Waals surface area contributed by atoms with Gasteiger partial charge in [0.2, 0.25) is 5.91 Å². The average molecular weight is 455 g/mol. The van der Waals surface area contributed by atoms with Crippen molar-refractivity contribution in [3.63, 3.8) is 0 Å². The lowest BCUT2D eigenvalue weighted by atomic mass is 10.0. The lowest BCUT2D eigenvalue weighted by Gasteiger charge is -2.21. The van der Waals surface area contributed by atoms with Gasteiger partial charge in [-0.1, -0.05) is 37.0 Å². The fourth-order valence-corrected chi connectivity index (χ4v) is 2.88. The van der Waals surface area contributed by atoms with Gasteiger partial charge in [-0.25, -0.2) is 0 Å². The van der Waals surface area contributed by atoms with Crippen molar-refractivity contribution in [2.75, 3.05) is 5.32 Å². The van der Waals surface area contributed by atoms with Crippen molar-refractivity contribution in [1.82, 2.24) is 5.32 Å². The van der Waals surface area contributed by atoms with Crippen LogP contribution in [-0.2, 0) is 4.79 Å². The van der Waals surface area contributed by atoms with Crippen LogP contribution in [0.15, 0.2) is 36.4 Å². The summed E-state index contributed by atoms with van der Waals surface area (Å²) in [5, 5.41) is 26.8. The van der Waals surface area contributed by atoms with Gasteiger partial charge in [-0.05, 0) is 30.2 Å². The Balaban J connectivity index is 2.22. The number of nitrogens with zero attached hydrogens (tertiary/aromatic N) is 2. The number of amides is 2. The fourth-order valence-electron chi connectivity index (χ4n) is 2.50. The van der Waals surface area contributed by atoms with Gasteiger partial charge in [-0.3, -0.25) is 29.8 Å². The molecule has 0 fully saturated rings. The van der Waals surface area contributed by atoms with E-state index in [4.69, 9.17) is 23.2 Å². The molecule has 0 spiro atoms. The molecule has 30 heavy (non-hydrogen) atoms. The number of carbonyl (C=O) groups excluding carboxylic acids is 2. The van der Waals surface area contributed by atoms with Crippen LogP contribution < -0.4 is 10.6 Å². The summed E-state index contributed by atoms with van der Waals surface area (Å²) in [5.41, 5.74) is -0.749. The first-order valence-corrected chi connectivity index (χ1v) is 9.26. The molecule has 0 saturated heterocycles. The summed E-state index contributed by atoms with van der Waals surface area (Å²) in [6, 6.07) is 6.24. The summed E-state index contributed by atoms with van der Waals surface area (Å²) < 4.78 is 0. The summed E-state index contributed by atoms with van der Waals surface area (Å²) in [4.78, 5) is 45.8. The molecule has 0 aliphatic rings. The van der Waals surface area contributed by atoms with Crippen molar-refractivity contribution in [1.29, 1.82) is 0 Å². The molecule has 2 N–H and O–H groups in total. The third kappa shape index (κ3) is 5.43. The Morgan fingerprint density at radius 3 is 2.00 bits per heavy atom. The van der Waals surface area contributed by atoms with Gasteiger partial charge in [0.1, 0.15) is 16.1 Å². The summed E-state index contributed by atoms with van der Waals surface area (Å²) in [5.74, 6) is -1.71. The average Bonchev–Trinajstić information content (AvgIpc) is 2.66. The molecule has 2 amide bonds. The van der Waals surface area contributed by atoms with Crippen LogP contribution in [0, 0.1) is 26.1 Å². The van der Waals surface area contributed by atoms with Gasteiger partial charge in [0.05, 0.1) is 9.85 Å². The van der Waals surface area contributed by atoms with Crippen molar-refractivity contribution >= 4 is 52.1 Å². The molecule has 0 saturated carbocycles. The Bertz CT molecular complexity index is 1030. The second-order valence-electron chi connectivity index (χ2n) is 6.53. The molecule has 12 heteroatoms. The second kappa shape index (κ2) is 9.51. The van der Waals surface area contributed by atoms with Gasteiger partial charge in [0, 0.05) is 23.4 Å². The number of nitro benzene ring substituents is 2. The highest BCUT2D eigenvalue weighted by atomic mass is 35.5. The normalized spacial score (nSPS) is 11.6. The zero-order valence-corrected chi connectivity index (χ0v) is 17.2. The molecular weight excluding hydrogens is 439 g/mol. The number of hydrogen-bond donors (Lipinski definition) is 2. The maximum absolute atomic E-state index is 12.7. The standard InChI is InChI=1S/C18H16Cl2N4O6/c1-9(2)16(18(26)21-11-4-6-13(20)15(8-11)24(29)30)22-17(25)10-3-5-12(19)14(7-10)23(27)28/h3-9,16H,1-2H3,(H,21,26)(H,22,25)/t16-/m0/s1. The zero-order valence-electron chi connectivity index (χ0n) is 15.7. The van der Waals surface area contributed by atoms with E-state index in [0.29, 0.717) is 0 Å². The minimum absolute atomic E-state index is 0.0494. The Hall–Kier alpha value is -3.24. The van der Waals surface area contributed by atoms with Crippen LogP contribution in [0.2, 0.25) is 10.0 Å². The van der Waals surface area contributed by atoms with Crippen molar-refractivity contribution in [3.05, 3.63) is 72.2 Å². The molecule has 0 unspecified atom stereocenters. The number of nitro groups is 2. The zero-order chi connectivity index (χ0) is 22.6. The lowest BCUT2D eigenvalue weighted by molar-refractivity contribution is -0.384. The number of carbonyl (C=O) groups is 2. The summed E-state index contributed by atoms with van der Waals surface area (Å²) >= 11 is 11.5. The first-order valence-electron chi connectivity index (χ1n) is 8.51. The number of anilines is 1. The molecular formula is C18H16Cl2N4O6. The highest BCUT2D eigenvalue weighted by Crippen LogP contribution is 2.28. The number of nitrogens with one attached hydrogen (secondary N) is 2. The Morgan fingerprint density at radius 1 is 0.933 bits per heavy atom. The van der Waals surface area contributed by atoms with E-state index in [1.165, 1.54) is 24.3 Å². The second-order valence-corrected chi connectivity index (χ2v) is 7.35. The first-order chi connectivity index (χ1) is 14.0. The van der Waals surface area contributed by atoms with Crippen molar-refractivity contribution in [2.45, 2.75) is 19.9 Å². The van der Waals surface area contributed by atoms with Crippen LogP contribution in [0.1, 0.15) is 24.2 Å². The van der Waals surface area contributed by atoms with Gasteiger partial charge >= 0.3 is 0 Å². The molecule has 0 aliphatic carbocycles. The van der Waals surface area contributed by atoms with Gasteiger partial charge in [-0.15, -0.1) is 0 Å². The minimum Gasteiger partial charge on any atom is -0.340 e. The summed E-state index contributed by atoms with van der Waals surface area (Å²) in [6.45, 7) is 3.36. The summed E-state index contributed by atoms with van der Waals surface area (Å²) in [7, 11) is 0. The minimum atomic E-state index is -1.03. The monoisotopic (exact) mass is 454 g/mol. The van der Waals surface area contributed by atoms with Crippen molar-refractivity contribution in [3.8, 4) is 0 Å². The van der Waals surface area contributed by atoms with E-state index >= 15 is 0 Å². The number of rotatable bonds is 7. The quantitative estimate of drug-likeness (QED) is 0.473. The van der Waals surface area contributed by atoms with E-state index in [0.717, 1.165) is 12.1 Å². The molecule has 0 bridgehead atoms. The molecule has 1 atom stereocenters. The van der Waals surface area contributed by atoms with Crippen LogP contribution >= 0.6 is 23.2 Å². The third-order valence-electron chi connectivity index (χ3n) is 4.05. The van der Waals surface area contributed by atoms with Crippen molar-refractivity contribution in [2.24, 2.45) is 5.92 Å². The molecule has 0 heterocycles. The smallest absolute Gasteiger partial charge is 0.289 e. The SMILES string of the molecule is CC(C)[C@H](NC(=O)c1ccc(Cl)c([N+](=O)[O-])c1)C(=O)Nc1ccc(Cl)c([N+](=O)[O-])c1. The predicted octanol–water partition coefficient (Wildman–Crippen LogP) is 4.20. The van der Waals surface area contributed by atoms with Crippen LogP contribution in [0.25, 0.3) is 0 Å². The summed E-state index contributed by atoms with van der Waals surface area (Å²) in [6.07, 6.45) is 0. The van der Waals surface area contributed by atoms with Crippen LogP contribution in [0.5, 0.6) is 0 Å². The van der Waals surface area contributed by atoms with Crippen LogP contribution in [0.4, 0.5) is 17.1 Å². The number of hydrogen-bond acceptors (Lipinski definition) is 6. The van der Waals surface area contributed by atoms with E-state index in [-0.39, 0.29) is 32.9 Å². The Morgan fingerprint density at radius 2 is 1.47 bits per heavy atom. The molecule has 2 rings (SSSR count). The first kappa shape index (κ1) is 23.0. The topological polar surface area (TPSA) is 144 Å². The maximum Gasteiger partial charge on any atom is 0.289 e. The largest absolute Gasteiger partial charge is 0.340 e. The molecule has 2 aromatic carbocycles. The van der Waals surface area contributed by atoms with E-state index in [1.807, 2.05) is 0 Å². The third-order valence-corrected chi connectivity index (χ3v) is 4.69.